The lowest BCUT2D eigenvalue weighted by Gasteiger charge is -2.09. The molecule has 3 N–H and O–H groups in total. The topological polar surface area (TPSA) is 117 Å². The van der Waals surface area contributed by atoms with Crippen molar-refractivity contribution in [2.24, 2.45) is 5.73 Å². The molecule has 0 spiro atoms. The number of amides is 2. The van der Waals surface area contributed by atoms with Gasteiger partial charge in [0.25, 0.3) is 11.8 Å². The van der Waals surface area contributed by atoms with Crippen molar-refractivity contribution in [3.63, 3.8) is 0 Å². The molecule has 2 amide bonds. The van der Waals surface area contributed by atoms with Crippen molar-refractivity contribution in [1.29, 1.82) is 0 Å². The van der Waals surface area contributed by atoms with Crippen LogP contribution >= 0.6 is 0 Å². The number of rotatable bonds is 9. The van der Waals surface area contributed by atoms with Gasteiger partial charge in [-0.1, -0.05) is 18.2 Å². The van der Waals surface area contributed by atoms with Crippen LogP contribution in [0.3, 0.4) is 0 Å². The van der Waals surface area contributed by atoms with Crippen LogP contribution in [0.4, 0.5) is 0 Å². The van der Waals surface area contributed by atoms with Crippen LogP contribution in [-0.2, 0) is 20.9 Å². The molecule has 0 saturated carbocycles. The fraction of sp³-hybridized carbons (Fsp3) is 0.211. The number of ether oxygens (including phenoxy) is 3. The Kier molecular flexibility index (Phi) is 7.18. The van der Waals surface area contributed by atoms with E-state index in [2.05, 4.69) is 5.32 Å². The van der Waals surface area contributed by atoms with Crippen LogP contribution < -0.4 is 20.5 Å². The molecule has 0 aromatic heterocycles. The Morgan fingerprint density at radius 3 is 2.52 bits per heavy atom. The summed E-state index contributed by atoms with van der Waals surface area (Å²) in [7, 11) is 1.50. The molecule has 0 heterocycles. The Morgan fingerprint density at radius 2 is 1.78 bits per heavy atom. The molecule has 8 nitrogen and oxygen atoms in total. The van der Waals surface area contributed by atoms with Crippen LogP contribution in [0.5, 0.6) is 11.5 Å². The van der Waals surface area contributed by atoms with E-state index in [0.717, 1.165) is 0 Å². The van der Waals surface area contributed by atoms with E-state index in [0.29, 0.717) is 22.6 Å². The van der Waals surface area contributed by atoms with Crippen LogP contribution in [0.15, 0.2) is 48.5 Å². The van der Waals surface area contributed by atoms with Crippen LogP contribution in [-0.4, -0.2) is 38.0 Å². The zero-order chi connectivity index (χ0) is 19.6. The van der Waals surface area contributed by atoms with Gasteiger partial charge in [0.1, 0.15) is 24.7 Å². The van der Waals surface area contributed by atoms with E-state index in [4.69, 9.17) is 19.9 Å². The van der Waals surface area contributed by atoms with Gasteiger partial charge in [-0.25, -0.2) is 0 Å². The van der Waals surface area contributed by atoms with E-state index in [1.54, 1.807) is 48.5 Å². The quantitative estimate of drug-likeness (QED) is 0.635. The molecule has 2 aromatic rings. The van der Waals surface area contributed by atoms with E-state index in [1.807, 2.05) is 0 Å². The van der Waals surface area contributed by atoms with Crippen molar-refractivity contribution in [3.05, 3.63) is 59.7 Å². The van der Waals surface area contributed by atoms with Gasteiger partial charge in [-0.05, 0) is 35.9 Å². The molecular weight excluding hydrogens is 352 g/mol. The van der Waals surface area contributed by atoms with Gasteiger partial charge in [0, 0.05) is 5.56 Å². The van der Waals surface area contributed by atoms with Gasteiger partial charge in [0.15, 0.2) is 6.61 Å². The zero-order valence-corrected chi connectivity index (χ0v) is 14.8. The second kappa shape index (κ2) is 9.81. The first-order valence-corrected chi connectivity index (χ1v) is 8.06. The SMILES string of the molecule is COc1cccc(C(=O)NCC(=O)OCc2cccc(OCC(N)=O)c2)c1. The third-order valence-corrected chi connectivity index (χ3v) is 3.40. The number of nitrogens with two attached hydrogens (primary N) is 1. The number of carbonyl (C=O) groups excluding carboxylic acids is 3. The van der Waals surface area contributed by atoms with Crippen LogP contribution in [0.25, 0.3) is 0 Å². The molecule has 0 radical (unpaired) electrons. The fourth-order valence-corrected chi connectivity index (χ4v) is 2.11. The fourth-order valence-electron chi connectivity index (χ4n) is 2.11. The molecule has 8 heteroatoms. The first-order valence-electron chi connectivity index (χ1n) is 8.06. The van der Waals surface area contributed by atoms with Gasteiger partial charge in [-0.15, -0.1) is 0 Å². The van der Waals surface area contributed by atoms with Gasteiger partial charge in [-0.2, -0.15) is 0 Å². The van der Waals surface area contributed by atoms with E-state index >= 15 is 0 Å². The minimum atomic E-state index is -0.588. The second-order valence-electron chi connectivity index (χ2n) is 5.48. The predicted molar refractivity (Wildman–Crippen MR) is 96.3 cm³/mol. The number of benzene rings is 2. The Balaban J connectivity index is 1.79. The highest BCUT2D eigenvalue weighted by atomic mass is 16.5. The first kappa shape index (κ1) is 19.8. The standard InChI is InChI=1S/C19H20N2O6/c1-25-15-6-3-5-14(9-15)19(24)21-10-18(23)27-11-13-4-2-7-16(8-13)26-12-17(20)22/h2-9H,10-12H2,1H3,(H2,20,22)(H,21,24). The number of nitrogens with one attached hydrogen (secondary N) is 1. The number of hydrogen-bond donors (Lipinski definition) is 2. The van der Waals surface area contributed by atoms with Gasteiger partial charge >= 0.3 is 5.97 Å². The van der Waals surface area contributed by atoms with Crippen LogP contribution in [0, 0.1) is 0 Å². The molecule has 0 fully saturated rings. The third-order valence-electron chi connectivity index (χ3n) is 3.40. The number of carbonyl (C=O) groups is 3. The summed E-state index contributed by atoms with van der Waals surface area (Å²) in [6, 6.07) is 13.3. The minimum absolute atomic E-state index is 0.00162. The maximum atomic E-state index is 12.0. The third kappa shape index (κ3) is 6.69. The van der Waals surface area contributed by atoms with Crippen molar-refractivity contribution in [1.82, 2.24) is 5.32 Å². The smallest absolute Gasteiger partial charge is 0.325 e. The summed E-state index contributed by atoms with van der Waals surface area (Å²) in [4.78, 5) is 34.6. The van der Waals surface area contributed by atoms with Crippen molar-refractivity contribution in [2.45, 2.75) is 6.61 Å². The minimum Gasteiger partial charge on any atom is -0.497 e. The molecule has 0 atom stereocenters. The average molecular weight is 372 g/mol. The zero-order valence-electron chi connectivity index (χ0n) is 14.8. The molecule has 0 bridgehead atoms. The Labute approximate surface area is 156 Å². The van der Waals surface area contributed by atoms with Crippen LogP contribution in [0.2, 0.25) is 0 Å². The largest absolute Gasteiger partial charge is 0.497 e. The molecule has 0 unspecified atom stereocenters. The molecule has 2 rings (SSSR count). The maximum absolute atomic E-state index is 12.0. The van der Waals surface area contributed by atoms with Crippen LogP contribution in [0.1, 0.15) is 15.9 Å². The van der Waals surface area contributed by atoms with Crippen molar-refractivity contribution >= 4 is 17.8 Å². The summed E-state index contributed by atoms with van der Waals surface area (Å²) in [5, 5.41) is 2.49. The summed E-state index contributed by atoms with van der Waals surface area (Å²) in [6.45, 7) is -0.505. The van der Waals surface area contributed by atoms with E-state index in [1.165, 1.54) is 7.11 Å². The van der Waals surface area contributed by atoms with Gasteiger partial charge in [0.2, 0.25) is 0 Å². The molecule has 2 aromatic carbocycles. The predicted octanol–water partition coefficient (Wildman–Crippen LogP) is 1.03. The molecule has 27 heavy (non-hydrogen) atoms. The Morgan fingerprint density at radius 1 is 1.04 bits per heavy atom. The van der Waals surface area contributed by atoms with Crippen molar-refractivity contribution in [2.75, 3.05) is 20.3 Å². The lowest BCUT2D eigenvalue weighted by molar-refractivity contribution is -0.143. The highest BCUT2D eigenvalue weighted by molar-refractivity contribution is 5.96. The Bertz CT molecular complexity index is 821. The molecule has 142 valence electrons. The first-order chi connectivity index (χ1) is 13.0. The summed E-state index contributed by atoms with van der Waals surface area (Å²) in [5.41, 5.74) is 6.07. The number of methoxy groups -OCH3 is 1. The molecule has 0 aliphatic heterocycles. The van der Waals surface area contributed by atoms with E-state index in [9.17, 15) is 14.4 Å². The van der Waals surface area contributed by atoms with Gasteiger partial charge in [0.05, 0.1) is 7.11 Å². The lowest BCUT2D eigenvalue weighted by atomic mass is 10.2. The maximum Gasteiger partial charge on any atom is 0.325 e. The molecule has 0 aliphatic carbocycles. The highest BCUT2D eigenvalue weighted by Crippen LogP contribution is 2.14. The summed E-state index contributed by atoms with van der Waals surface area (Å²) in [6.07, 6.45) is 0. The average Bonchev–Trinajstić information content (AvgIpc) is 2.69. The lowest BCUT2D eigenvalue weighted by Crippen LogP contribution is -2.30. The van der Waals surface area contributed by atoms with E-state index < -0.39 is 17.8 Å². The van der Waals surface area contributed by atoms with Gasteiger partial charge < -0.3 is 25.3 Å². The normalized spacial score (nSPS) is 9.96. The number of hydrogen-bond acceptors (Lipinski definition) is 6. The molecule has 0 aliphatic rings. The Hall–Kier alpha value is -3.55. The second-order valence-corrected chi connectivity index (χ2v) is 5.48. The van der Waals surface area contributed by atoms with Crippen molar-refractivity contribution in [3.8, 4) is 11.5 Å². The summed E-state index contributed by atoms with van der Waals surface area (Å²) >= 11 is 0. The summed E-state index contributed by atoms with van der Waals surface area (Å²) < 4.78 is 15.3. The van der Waals surface area contributed by atoms with Gasteiger partial charge in [-0.3, -0.25) is 14.4 Å². The monoisotopic (exact) mass is 372 g/mol. The number of primary amides is 1. The van der Waals surface area contributed by atoms with E-state index in [-0.39, 0.29) is 19.8 Å². The summed E-state index contributed by atoms with van der Waals surface area (Å²) in [5.74, 6) is -0.599. The molecule has 0 saturated heterocycles. The number of esters is 1. The van der Waals surface area contributed by atoms with Crippen molar-refractivity contribution < 1.29 is 28.6 Å². The highest BCUT2D eigenvalue weighted by Gasteiger charge is 2.10. The molecular formula is C19H20N2O6.